The van der Waals surface area contributed by atoms with Crippen LogP contribution in [0.3, 0.4) is 0 Å². The first-order chi connectivity index (χ1) is 17.9. The minimum atomic E-state index is -0.261. The molecule has 2 aromatic carbocycles. The standard InChI is InChI=1S/C24H25N7O4S2/c1-14-6-5-7-16(10-14)22(33)25-12-20-28-30-24(36-13-21(32)26-23-29-27-15(2)37-23)31(20)18-11-17(34-3)8-9-19(18)35-4/h5-11H,12-13H2,1-4H3,(H,25,33)(H,26,29,32). The number of aryl methyl sites for hydroxylation is 2. The number of carbonyl (C=O) groups is 2. The molecule has 0 radical (unpaired) electrons. The van der Waals surface area contributed by atoms with Gasteiger partial charge in [-0.2, -0.15) is 0 Å². The topological polar surface area (TPSA) is 133 Å². The Kier molecular flexibility index (Phi) is 8.36. The molecule has 192 valence electrons. The van der Waals surface area contributed by atoms with Gasteiger partial charge in [-0.15, -0.1) is 20.4 Å². The number of rotatable bonds is 10. The Balaban J connectivity index is 1.60. The highest BCUT2D eigenvalue weighted by molar-refractivity contribution is 7.99. The van der Waals surface area contributed by atoms with Crippen molar-refractivity contribution >= 4 is 40.0 Å². The van der Waals surface area contributed by atoms with Crippen LogP contribution < -0.4 is 20.1 Å². The smallest absolute Gasteiger partial charge is 0.251 e. The van der Waals surface area contributed by atoms with Crippen molar-refractivity contribution in [3.63, 3.8) is 0 Å². The van der Waals surface area contributed by atoms with E-state index in [4.69, 9.17) is 9.47 Å². The summed E-state index contributed by atoms with van der Waals surface area (Å²) in [6.07, 6.45) is 0. The average Bonchev–Trinajstić information content (AvgIpc) is 3.50. The van der Waals surface area contributed by atoms with Gasteiger partial charge in [0.25, 0.3) is 5.91 Å². The van der Waals surface area contributed by atoms with Gasteiger partial charge >= 0.3 is 0 Å². The molecule has 0 saturated carbocycles. The second kappa shape index (κ2) is 11.8. The number of methoxy groups -OCH3 is 2. The second-order valence-electron chi connectivity index (χ2n) is 7.79. The number of benzene rings is 2. The van der Waals surface area contributed by atoms with Crippen LogP contribution in [0.2, 0.25) is 0 Å². The summed E-state index contributed by atoms with van der Waals surface area (Å²) in [5, 5.41) is 23.7. The summed E-state index contributed by atoms with van der Waals surface area (Å²) < 4.78 is 12.7. The molecule has 0 aliphatic carbocycles. The van der Waals surface area contributed by atoms with Gasteiger partial charge < -0.3 is 14.8 Å². The van der Waals surface area contributed by atoms with E-state index in [2.05, 4.69) is 31.0 Å². The number of hydrogen-bond donors (Lipinski definition) is 2. The van der Waals surface area contributed by atoms with E-state index in [0.29, 0.717) is 38.9 Å². The van der Waals surface area contributed by atoms with E-state index in [-0.39, 0.29) is 24.1 Å². The van der Waals surface area contributed by atoms with Crippen LogP contribution in [0.25, 0.3) is 5.69 Å². The third kappa shape index (κ3) is 6.43. The quantitative estimate of drug-likeness (QED) is 0.291. The molecule has 0 spiro atoms. The zero-order chi connectivity index (χ0) is 26.4. The number of carbonyl (C=O) groups excluding carboxylic acids is 2. The summed E-state index contributed by atoms with van der Waals surface area (Å²) in [5.41, 5.74) is 2.13. The molecule has 0 fully saturated rings. The molecule has 2 heterocycles. The molecule has 0 saturated heterocycles. The molecular formula is C24H25N7O4S2. The molecule has 0 unspecified atom stereocenters. The molecular weight excluding hydrogens is 514 g/mol. The predicted octanol–water partition coefficient (Wildman–Crippen LogP) is 3.41. The molecule has 13 heteroatoms. The van der Waals surface area contributed by atoms with E-state index in [0.717, 1.165) is 10.6 Å². The molecule has 4 rings (SSSR count). The van der Waals surface area contributed by atoms with Gasteiger partial charge in [-0.3, -0.25) is 19.5 Å². The van der Waals surface area contributed by atoms with Gasteiger partial charge in [-0.1, -0.05) is 40.8 Å². The van der Waals surface area contributed by atoms with E-state index >= 15 is 0 Å². The Bertz CT molecular complexity index is 1420. The SMILES string of the molecule is COc1ccc(OC)c(-n2c(CNC(=O)c3cccc(C)c3)nnc2SCC(=O)Nc2nnc(C)s2)c1. The number of hydrogen-bond acceptors (Lipinski definition) is 10. The van der Waals surface area contributed by atoms with Gasteiger partial charge in [0.2, 0.25) is 11.0 Å². The zero-order valence-electron chi connectivity index (χ0n) is 20.6. The van der Waals surface area contributed by atoms with E-state index in [1.54, 1.807) is 43.1 Å². The molecule has 0 aliphatic heterocycles. The van der Waals surface area contributed by atoms with E-state index in [1.165, 1.54) is 23.1 Å². The van der Waals surface area contributed by atoms with Crippen molar-refractivity contribution in [1.82, 2.24) is 30.3 Å². The zero-order valence-corrected chi connectivity index (χ0v) is 22.3. The van der Waals surface area contributed by atoms with Crippen LogP contribution in [0.1, 0.15) is 26.8 Å². The summed E-state index contributed by atoms with van der Waals surface area (Å²) in [6.45, 7) is 3.83. The van der Waals surface area contributed by atoms with Crippen molar-refractivity contribution in [3.05, 3.63) is 64.4 Å². The number of thioether (sulfide) groups is 1. The lowest BCUT2D eigenvalue weighted by molar-refractivity contribution is -0.113. The minimum Gasteiger partial charge on any atom is -0.497 e. The number of aromatic nitrogens is 5. The first-order valence-corrected chi connectivity index (χ1v) is 12.9. The monoisotopic (exact) mass is 539 g/mol. The van der Waals surface area contributed by atoms with Crippen LogP contribution in [0.15, 0.2) is 47.6 Å². The lowest BCUT2D eigenvalue weighted by Crippen LogP contribution is -2.24. The van der Waals surface area contributed by atoms with Crippen LogP contribution in [-0.2, 0) is 11.3 Å². The second-order valence-corrected chi connectivity index (χ2v) is 9.91. The summed E-state index contributed by atoms with van der Waals surface area (Å²) in [5.74, 6) is 1.15. The van der Waals surface area contributed by atoms with Crippen LogP contribution in [-0.4, -0.2) is 56.7 Å². The molecule has 2 amide bonds. The number of nitrogens with zero attached hydrogens (tertiary/aromatic N) is 5. The summed E-state index contributed by atoms with van der Waals surface area (Å²) in [4.78, 5) is 25.3. The van der Waals surface area contributed by atoms with E-state index in [9.17, 15) is 9.59 Å². The van der Waals surface area contributed by atoms with E-state index in [1.807, 2.05) is 32.0 Å². The maximum atomic E-state index is 12.8. The highest BCUT2D eigenvalue weighted by Crippen LogP contribution is 2.32. The Morgan fingerprint density at radius 2 is 1.86 bits per heavy atom. The molecule has 37 heavy (non-hydrogen) atoms. The molecule has 0 aliphatic rings. The Labute approximate surface area is 221 Å². The van der Waals surface area contributed by atoms with Crippen LogP contribution in [0.5, 0.6) is 11.5 Å². The van der Waals surface area contributed by atoms with Crippen molar-refractivity contribution in [2.24, 2.45) is 0 Å². The fraction of sp³-hybridized carbons (Fsp3) is 0.250. The van der Waals surface area contributed by atoms with Crippen LogP contribution >= 0.6 is 23.1 Å². The molecule has 2 N–H and O–H groups in total. The normalized spacial score (nSPS) is 10.7. The fourth-order valence-electron chi connectivity index (χ4n) is 3.40. The predicted molar refractivity (Wildman–Crippen MR) is 141 cm³/mol. The molecule has 0 bridgehead atoms. The average molecular weight is 540 g/mol. The van der Waals surface area contributed by atoms with Crippen molar-refractivity contribution in [2.75, 3.05) is 25.3 Å². The maximum absolute atomic E-state index is 12.8. The first kappa shape index (κ1) is 26.1. The summed E-state index contributed by atoms with van der Waals surface area (Å²) in [6, 6.07) is 12.6. The van der Waals surface area contributed by atoms with Gasteiger partial charge in [0.15, 0.2) is 11.0 Å². The van der Waals surface area contributed by atoms with Gasteiger partial charge in [0.1, 0.15) is 16.5 Å². The highest BCUT2D eigenvalue weighted by Gasteiger charge is 2.21. The van der Waals surface area contributed by atoms with E-state index < -0.39 is 0 Å². The summed E-state index contributed by atoms with van der Waals surface area (Å²) in [7, 11) is 3.12. The lowest BCUT2D eigenvalue weighted by atomic mass is 10.1. The van der Waals surface area contributed by atoms with Gasteiger partial charge in [-0.05, 0) is 38.1 Å². The number of anilines is 1. The van der Waals surface area contributed by atoms with Gasteiger partial charge in [0.05, 0.1) is 32.2 Å². The number of nitrogens with one attached hydrogen (secondary N) is 2. The Morgan fingerprint density at radius 3 is 2.57 bits per heavy atom. The van der Waals surface area contributed by atoms with Gasteiger partial charge in [0, 0.05) is 11.6 Å². The Morgan fingerprint density at radius 1 is 1.03 bits per heavy atom. The van der Waals surface area contributed by atoms with Crippen molar-refractivity contribution in [2.45, 2.75) is 25.5 Å². The third-order valence-corrected chi connectivity index (χ3v) is 6.80. The van der Waals surface area contributed by atoms with Crippen molar-refractivity contribution in [3.8, 4) is 17.2 Å². The highest BCUT2D eigenvalue weighted by atomic mass is 32.2. The van der Waals surface area contributed by atoms with Crippen LogP contribution in [0.4, 0.5) is 5.13 Å². The largest absolute Gasteiger partial charge is 0.497 e. The maximum Gasteiger partial charge on any atom is 0.251 e. The minimum absolute atomic E-state index is 0.0543. The molecule has 0 atom stereocenters. The van der Waals surface area contributed by atoms with Crippen molar-refractivity contribution < 1.29 is 19.1 Å². The third-order valence-electron chi connectivity index (χ3n) is 5.12. The number of amides is 2. The lowest BCUT2D eigenvalue weighted by Gasteiger charge is -2.15. The summed E-state index contributed by atoms with van der Waals surface area (Å²) >= 11 is 2.48. The van der Waals surface area contributed by atoms with Crippen molar-refractivity contribution in [1.29, 1.82) is 0 Å². The molecule has 4 aromatic rings. The number of ether oxygens (including phenoxy) is 2. The fourth-order valence-corrected chi connectivity index (χ4v) is 4.77. The molecule has 11 nitrogen and oxygen atoms in total. The van der Waals surface area contributed by atoms with Crippen LogP contribution in [0, 0.1) is 13.8 Å². The first-order valence-electron chi connectivity index (χ1n) is 11.1. The Hall–Kier alpha value is -3.97. The molecule has 2 aromatic heterocycles. The van der Waals surface area contributed by atoms with Gasteiger partial charge in [-0.25, -0.2) is 0 Å².